The zero-order chi connectivity index (χ0) is 16.7. The van der Waals surface area contributed by atoms with Gasteiger partial charge in [0, 0.05) is 50.5 Å². The van der Waals surface area contributed by atoms with E-state index in [4.69, 9.17) is 5.73 Å². The molecule has 4 rings (SSSR count). The predicted octanol–water partition coefficient (Wildman–Crippen LogP) is 0.516. The Kier molecular flexibility index (Phi) is 4.04. The average Bonchev–Trinajstić information content (AvgIpc) is 3.18. The van der Waals surface area contributed by atoms with E-state index in [1.54, 1.807) is 0 Å². The van der Waals surface area contributed by atoms with E-state index in [1.165, 1.54) is 12.8 Å². The Labute approximate surface area is 141 Å². The number of rotatable bonds is 5. The summed E-state index contributed by atoms with van der Waals surface area (Å²) in [6.07, 6.45) is 8.73. The smallest absolute Gasteiger partial charge is 0.223 e. The van der Waals surface area contributed by atoms with E-state index < -0.39 is 0 Å². The predicted molar refractivity (Wildman–Crippen MR) is 87.8 cm³/mol. The summed E-state index contributed by atoms with van der Waals surface area (Å²) in [5.74, 6) is 0.584. The maximum Gasteiger partial charge on any atom is 0.223 e. The Hall–Kier alpha value is -1.89. The van der Waals surface area contributed by atoms with Crippen LogP contribution in [0.4, 0.5) is 0 Å². The van der Waals surface area contributed by atoms with Gasteiger partial charge >= 0.3 is 0 Å². The summed E-state index contributed by atoms with van der Waals surface area (Å²) in [5, 5.41) is 0. The fourth-order valence-corrected chi connectivity index (χ4v) is 4.02. The van der Waals surface area contributed by atoms with Gasteiger partial charge in [0.2, 0.25) is 11.8 Å². The number of imidazole rings is 1. The van der Waals surface area contributed by atoms with Gasteiger partial charge in [-0.3, -0.25) is 14.5 Å². The second-order valence-corrected chi connectivity index (χ2v) is 7.34. The van der Waals surface area contributed by atoms with E-state index in [9.17, 15) is 9.59 Å². The van der Waals surface area contributed by atoms with Crippen molar-refractivity contribution < 1.29 is 9.59 Å². The van der Waals surface area contributed by atoms with Crippen LogP contribution in [-0.4, -0.2) is 56.8 Å². The van der Waals surface area contributed by atoms with Gasteiger partial charge in [-0.25, -0.2) is 4.98 Å². The van der Waals surface area contributed by atoms with E-state index >= 15 is 0 Å². The van der Waals surface area contributed by atoms with E-state index in [-0.39, 0.29) is 30.2 Å². The summed E-state index contributed by atoms with van der Waals surface area (Å²) in [4.78, 5) is 32.3. The molecule has 1 saturated carbocycles. The molecule has 2 amide bonds. The van der Waals surface area contributed by atoms with Crippen LogP contribution in [0.3, 0.4) is 0 Å². The number of likely N-dealkylation sites (tertiary alicyclic amines) is 2. The molecule has 3 fully saturated rings. The van der Waals surface area contributed by atoms with Gasteiger partial charge in [0.15, 0.2) is 0 Å². The standard InChI is InChI=1S/C17H25N5O2/c18-17(24)12-9-16(23)22(10-12)14-3-6-20(7-4-14)11-15-19-5-8-21(15)13-1-2-13/h5,8,12-14H,1-4,6-7,9-11H2,(H2,18,24). The highest BCUT2D eigenvalue weighted by atomic mass is 16.2. The summed E-state index contributed by atoms with van der Waals surface area (Å²) < 4.78 is 2.31. The molecule has 24 heavy (non-hydrogen) atoms. The third kappa shape index (κ3) is 3.05. The van der Waals surface area contributed by atoms with Gasteiger partial charge in [-0.2, -0.15) is 0 Å². The van der Waals surface area contributed by atoms with Gasteiger partial charge in [-0.05, 0) is 25.7 Å². The van der Waals surface area contributed by atoms with Crippen LogP contribution in [0.25, 0.3) is 0 Å². The fraction of sp³-hybridized carbons (Fsp3) is 0.706. The second-order valence-electron chi connectivity index (χ2n) is 7.34. The molecule has 130 valence electrons. The van der Waals surface area contributed by atoms with Crippen molar-refractivity contribution in [2.45, 2.75) is 50.7 Å². The first kappa shape index (κ1) is 15.6. The van der Waals surface area contributed by atoms with Crippen molar-refractivity contribution in [1.82, 2.24) is 19.4 Å². The molecule has 1 unspecified atom stereocenters. The molecule has 0 aromatic carbocycles. The van der Waals surface area contributed by atoms with Crippen LogP contribution in [0.15, 0.2) is 12.4 Å². The molecule has 2 saturated heterocycles. The lowest BCUT2D eigenvalue weighted by atomic mass is 10.0. The van der Waals surface area contributed by atoms with Gasteiger partial charge in [-0.15, -0.1) is 0 Å². The average molecular weight is 331 g/mol. The number of carbonyl (C=O) groups excluding carboxylic acids is 2. The lowest BCUT2D eigenvalue weighted by molar-refractivity contribution is -0.130. The molecule has 1 atom stereocenters. The molecule has 0 spiro atoms. The van der Waals surface area contributed by atoms with Crippen LogP contribution >= 0.6 is 0 Å². The second kappa shape index (κ2) is 6.20. The largest absolute Gasteiger partial charge is 0.369 e. The van der Waals surface area contributed by atoms with Crippen molar-refractivity contribution >= 4 is 11.8 Å². The number of nitrogens with two attached hydrogens (primary N) is 1. The number of nitrogens with zero attached hydrogens (tertiary/aromatic N) is 4. The van der Waals surface area contributed by atoms with Crippen molar-refractivity contribution in [2.75, 3.05) is 19.6 Å². The quantitative estimate of drug-likeness (QED) is 0.852. The number of primary amides is 1. The van der Waals surface area contributed by atoms with E-state index in [0.717, 1.165) is 38.3 Å². The van der Waals surface area contributed by atoms with Crippen LogP contribution < -0.4 is 5.73 Å². The number of carbonyl (C=O) groups is 2. The molecule has 0 radical (unpaired) electrons. The first-order chi connectivity index (χ1) is 11.6. The fourth-order valence-electron chi connectivity index (χ4n) is 4.02. The van der Waals surface area contributed by atoms with Crippen LogP contribution in [0.5, 0.6) is 0 Å². The maximum absolute atomic E-state index is 12.1. The van der Waals surface area contributed by atoms with Crippen LogP contribution in [0.1, 0.15) is 44.0 Å². The molecule has 2 N–H and O–H groups in total. The zero-order valence-corrected chi connectivity index (χ0v) is 13.9. The van der Waals surface area contributed by atoms with Gasteiger partial charge in [0.1, 0.15) is 5.82 Å². The molecule has 0 bridgehead atoms. The minimum atomic E-state index is -0.352. The van der Waals surface area contributed by atoms with E-state index in [2.05, 4.69) is 20.6 Å². The van der Waals surface area contributed by atoms with Crippen molar-refractivity contribution in [2.24, 2.45) is 11.7 Å². The zero-order valence-electron chi connectivity index (χ0n) is 13.9. The first-order valence-electron chi connectivity index (χ1n) is 8.94. The normalized spacial score (nSPS) is 26.2. The highest BCUT2D eigenvalue weighted by Crippen LogP contribution is 2.36. The van der Waals surface area contributed by atoms with E-state index in [0.29, 0.717) is 12.6 Å². The van der Waals surface area contributed by atoms with Crippen molar-refractivity contribution in [3.63, 3.8) is 0 Å². The Morgan fingerprint density at radius 3 is 2.58 bits per heavy atom. The molecule has 1 aliphatic carbocycles. The lowest BCUT2D eigenvalue weighted by Crippen LogP contribution is -2.45. The van der Waals surface area contributed by atoms with Crippen LogP contribution in [0.2, 0.25) is 0 Å². The topological polar surface area (TPSA) is 84.5 Å². The number of piperidine rings is 1. The summed E-state index contributed by atoms with van der Waals surface area (Å²) in [7, 11) is 0. The minimum absolute atomic E-state index is 0.0847. The van der Waals surface area contributed by atoms with Crippen LogP contribution in [-0.2, 0) is 16.1 Å². The molecule has 1 aromatic heterocycles. The number of hydrogen-bond donors (Lipinski definition) is 1. The summed E-state index contributed by atoms with van der Waals surface area (Å²) in [5.41, 5.74) is 5.36. The molecular weight excluding hydrogens is 306 g/mol. The molecule has 3 aliphatic rings. The molecule has 1 aromatic rings. The summed E-state index contributed by atoms with van der Waals surface area (Å²) in [6, 6.07) is 0.911. The van der Waals surface area contributed by atoms with Crippen molar-refractivity contribution in [3.05, 3.63) is 18.2 Å². The monoisotopic (exact) mass is 331 g/mol. The maximum atomic E-state index is 12.1. The summed E-state index contributed by atoms with van der Waals surface area (Å²) in [6.45, 7) is 3.32. The number of amides is 2. The Morgan fingerprint density at radius 2 is 1.96 bits per heavy atom. The highest BCUT2D eigenvalue weighted by molar-refractivity contribution is 5.88. The van der Waals surface area contributed by atoms with Crippen molar-refractivity contribution in [3.8, 4) is 0 Å². The molecule has 7 nitrogen and oxygen atoms in total. The van der Waals surface area contributed by atoms with Gasteiger partial charge in [0.25, 0.3) is 0 Å². The third-order valence-corrected chi connectivity index (χ3v) is 5.61. The van der Waals surface area contributed by atoms with Gasteiger partial charge < -0.3 is 15.2 Å². The van der Waals surface area contributed by atoms with Crippen LogP contribution in [0, 0.1) is 5.92 Å². The molecule has 2 aliphatic heterocycles. The lowest BCUT2D eigenvalue weighted by Gasteiger charge is -2.36. The third-order valence-electron chi connectivity index (χ3n) is 5.61. The Morgan fingerprint density at radius 1 is 1.21 bits per heavy atom. The summed E-state index contributed by atoms with van der Waals surface area (Å²) >= 11 is 0. The Balaban J connectivity index is 1.31. The number of aromatic nitrogens is 2. The van der Waals surface area contributed by atoms with E-state index in [1.807, 2.05) is 11.1 Å². The highest BCUT2D eigenvalue weighted by Gasteiger charge is 2.38. The van der Waals surface area contributed by atoms with Crippen molar-refractivity contribution in [1.29, 1.82) is 0 Å². The molecular formula is C17H25N5O2. The van der Waals surface area contributed by atoms with Gasteiger partial charge in [-0.1, -0.05) is 0 Å². The Bertz CT molecular complexity index is 631. The minimum Gasteiger partial charge on any atom is -0.369 e. The molecule has 7 heteroatoms. The SMILES string of the molecule is NC(=O)C1CC(=O)N(C2CCN(Cc3nccn3C3CC3)CC2)C1. The molecule has 3 heterocycles. The van der Waals surface area contributed by atoms with Gasteiger partial charge in [0.05, 0.1) is 12.5 Å². The first-order valence-corrected chi connectivity index (χ1v) is 8.94. The number of hydrogen-bond acceptors (Lipinski definition) is 4.